The van der Waals surface area contributed by atoms with Gasteiger partial charge in [0.1, 0.15) is 5.75 Å². The lowest BCUT2D eigenvalue weighted by atomic mass is 10.1. The average Bonchev–Trinajstić information content (AvgIpc) is 3.05. The number of benzene rings is 2. The van der Waals surface area contributed by atoms with Gasteiger partial charge < -0.3 is 15.0 Å². The Morgan fingerprint density at radius 1 is 1.15 bits per heavy atom. The van der Waals surface area contributed by atoms with E-state index in [0.29, 0.717) is 35.8 Å². The van der Waals surface area contributed by atoms with E-state index in [2.05, 4.69) is 5.32 Å². The van der Waals surface area contributed by atoms with Crippen LogP contribution in [0.1, 0.15) is 30.6 Å². The minimum absolute atomic E-state index is 0.0297. The van der Waals surface area contributed by atoms with E-state index in [4.69, 9.17) is 4.74 Å². The Kier molecular flexibility index (Phi) is 5.54. The molecule has 1 atom stereocenters. The van der Waals surface area contributed by atoms with Crippen LogP contribution in [0.3, 0.4) is 0 Å². The van der Waals surface area contributed by atoms with Crippen LogP contribution in [0.5, 0.6) is 5.75 Å². The third kappa shape index (κ3) is 4.16. The first-order chi connectivity index (χ1) is 13.0. The van der Waals surface area contributed by atoms with E-state index in [1.54, 1.807) is 29.2 Å². The van der Waals surface area contributed by atoms with Gasteiger partial charge in [-0.15, -0.1) is 0 Å². The number of anilines is 2. The number of hydrogen-bond donors (Lipinski definition) is 1. The van der Waals surface area contributed by atoms with Gasteiger partial charge >= 0.3 is 0 Å². The maximum atomic E-state index is 12.6. The van der Waals surface area contributed by atoms with Crippen molar-refractivity contribution >= 4 is 29.0 Å². The Labute approximate surface area is 158 Å². The third-order valence-corrected chi connectivity index (χ3v) is 4.51. The number of amides is 2. The summed E-state index contributed by atoms with van der Waals surface area (Å²) in [7, 11) is 0. The monoisotopic (exact) mass is 366 g/mol. The maximum absolute atomic E-state index is 12.6. The van der Waals surface area contributed by atoms with Gasteiger partial charge in [0.2, 0.25) is 11.8 Å². The van der Waals surface area contributed by atoms with E-state index in [-0.39, 0.29) is 24.0 Å². The standard InChI is InChI=1S/C21H22N2O4/c1-3-27-19-7-5-4-6-18(19)23-13-16(12-20(23)25)21(26)22-17-10-8-15(9-11-17)14(2)24/h4-11,16H,3,12-13H2,1-2H3,(H,22,26). The second-order valence-electron chi connectivity index (χ2n) is 6.43. The molecule has 0 saturated carbocycles. The summed E-state index contributed by atoms with van der Waals surface area (Å²) in [5.41, 5.74) is 1.87. The van der Waals surface area contributed by atoms with E-state index >= 15 is 0 Å². The van der Waals surface area contributed by atoms with Crippen LogP contribution < -0.4 is 15.0 Å². The van der Waals surface area contributed by atoms with Gasteiger partial charge in [0, 0.05) is 24.2 Å². The van der Waals surface area contributed by atoms with Gasteiger partial charge in [-0.05, 0) is 50.2 Å². The van der Waals surface area contributed by atoms with Crippen LogP contribution in [-0.2, 0) is 9.59 Å². The fourth-order valence-electron chi connectivity index (χ4n) is 3.11. The Morgan fingerprint density at radius 3 is 2.52 bits per heavy atom. The van der Waals surface area contributed by atoms with E-state index in [9.17, 15) is 14.4 Å². The lowest BCUT2D eigenvalue weighted by Gasteiger charge is -2.20. The molecule has 0 spiro atoms. The number of nitrogens with one attached hydrogen (secondary N) is 1. The molecule has 1 N–H and O–H groups in total. The SMILES string of the molecule is CCOc1ccccc1N1CC(C(=O)Nc2ccc(C(C)=O)cc2)CC1=O. The molecule has 27 heavy (non-hydrogen) atoms. The van der Waals surface area contributed by atoms with Crippen LogP contribution in [0.2, 0.25) is 0 Å². The molecule has 6 nitrogen and oxygen atoms in total. The molecule has 1 aliphatic rings. The first kappa shape index (κ1) is 18.6. The third-order valence-electron chi connectivity index (χ3n) is 4.51. The molecule has 3 rings (SSSR count). The van der Waals surface area contributed by atoms with Crippen molar-refractivity contribution in [3.05, 3.63) is 54.1 Å². The molecule has 0 aliphatic carbocycles. The van der Waals surface area contributed by atoms with Gasteiger partial charge in [0.15, 0.2) is 5.78 Å². The van der Waals surface area contributed by atoms with Crippen molar-refractivity contribution in [2.24, 2.45) is 5.92 Å². The van der Waals surface area contributed by atoms with Crippen LogP contribution in [-0.4, -0.2) is 30.7 Å². The molecular weight excluding hydrogens is 344 g/mol. The quantitative estimate of drug-likeness (QED) is 0.796. The number of nitrogens with zero attached hydrogens (tertiary/aromatic N) is 1. The number of carbonyl (C=O) groups is 3. The van der Waals surface area contributed by atoms with Gasteiger partial charge in [0.25, 0.3) is 0 Å². The van der Waals surface area contributed by atoms with Gasteiger partial charge in [-0.25, -0.2) is 0 Å². The largest absolute Gasteiger partial charge is 0.492 e. The molecule has 0 bridgehead atoms. The number of rotatable bonds is 6. The average molecular weight is 366 g/mol. The summed E-state index contributed by atoms with van der Waals surface area (Å²) in [6, 6.07) is 14.0. The molecule has 1 fully saturated rings. The summed E-state index contributed by atoms with van der Waals surface area (Å²) in [5.74, 6) is -0.156. The predicted octanol–water partition coefficient (Wildman–Crippen LogP) is 3.28. The number of Topliss-reactive ketones (excluding diaryl/α,β-unsaturated/α-hetero) is 1. The number of ketones is 1. The molecule has 0 radical (unpaired) electrons. The van der Waals surface area contributed by atoms with Gasteiger partial charge in [-0.1, -0.05) is 12.1 Å². The molecule has 2 aromatic carbocycles. The van der Waals surface area contributed by atoms with Crippen molar-refractivity contribution in [3.63, 3.8) is 0 Å². The molecule has 1 unspecified atom stereocenters. The topological polar surface area (TPSA) is 75.7 Å². The number of ether oxygens (including phenoxy) is 1. The summed E-state index contributed by atoms with van der Waals surface area (Å²) < 4.78 is 5.60. The summed E-state index contributed by atoms with van der Waals surface area (Å²) in [6.07, 6.45) is 0.151. The fraction of sp³-hybridized carbons (Fsp3) is 0.286. The predicted molar refractivity (Wildman–Crippen MR) is 103 cm³/mol. The minimum atomic E-state index is -0.445. The smallest absolute Gasteiger partial charge is 0.229 e. The first-order valence-electron chi connectivity index (χ1n) is 8.93. The molecule has 0 aromatic heterocycles. The highest BCUT2D eigenvalue weighted by molar-refractivity contribution is 6.04. The highest BCUT2D eigenvalue weighted by Gasteiger charge is 2.36. The van der Waals surface area contributed by atoms with Gasteiger partial charge in [0.05, 0.1) is 18.2 Å². The lowest BCUT2D eigenvalue weighted by molar-refractivity contribution is -0.122. The van der Waals surface area contributed by atoms with Crippen LogP contribution in [0.25, 0.3) is 0 Å². The minimum Gasteiger partial charge on any atom is -0.492 e. The van der Waals surface area contributed by atoms with E-state index in [0.717, 1.165) is 0 Å². The fourth-order valence-corrected chi connectivity index (χ4v) is 3.11. The number of carbonyl (C=O) groups excluding carboxylic acids is 3. The van der Waals surface area contributed by atoms with Crippen molar-refractivity contribution in [1.82, 2.24) is 0 Å². The zero-order chi connectivity index (χ0) is 19.4. The second kappa shape index (κ2) is 8.03. The Hall–Kier alpha value is -3.15. The lowest BCUT2D eigenvalue weighted by Crippen LogP contribution is -2.28. The summed E-state index contributed by atoms with van der Waals surface area (Å²) in [5, 5.41) is 2.82. The van der Waals surface area contributed by atoms with Crippen molar-refractivity contribution in [3.8, 4) is 5.75 Å². The summed E-state index contributed by atoms with van der Waals surface area (Å²) >= 11 is 0. The molecule has 140 valence electrons. The summed E-state index contributed by atoms with van der Waals surface area (Å²) in [4.78, 5) is 38.0. The normalized spacial score (nSPS) is 16.3. The van der Waals surface area contributed by atoms with Crippen LogP contribution in [0.15, 0.2) is 48.5 Å². The van der Waals surface area contributed by atoms with Gasteiger partial charge in [-0.3, -0.25) is 14.4 Å². The van der Waals surface area contributed by atoms with Crippen LogP contribution in [0, 0.1) is 5.92 Å². The number of hydrogen-bond acceptors (Lipinski definition) is 4. The van der Waals surface area contributed by atoms with Crippen LogP contribution in [0.4, 0.5) is 11.4 Å². The molecule has 2 aromatic rings. The first-order valence-corrected chi connectivity index (χ1v) is 8.93. The molecule has 1 saturated heterocycles. The molecule has 6 heteroatoms. The van der Waals surface area contributed by atoms with Crippen LogP contribution >= 0.6 is 0 Å². The maximum Gasteiger partial charge on any atom is 0.229 e. The zero-order valence-electron chi connectivity index (χ0n) is 15.4. The van der Waals surface area contributed by atoms with Crippen molar-refractivity contribution in [1.29, 1.82) is 0 Å². The molecule has 2 amide bonds. The number of para-hydroxylation sites is 2. The van der Waals surface area contributed by atoms with E-state index in [1.807, 2.05) is 31.2 Å². The molecule has 1 heterocycles. The Morgan fingerprint density at radius 2 is 1.85 bits per heavy atom. The zero-order valence-corrected chi connectivity index (χ0v) is 15.4. The highest BCUT2D eigenvalue weighted by atomic mass is 16.5. The highest BCUT2D eigenvalue weighted by Crippen LogP contribution is 2.33. The van der Waals surface area contributed by atoms with E-state index < -0.39 is 5.92 Å². The Balaban J connectivity index is 1.70. The molecule has 1 aliphatic heterocycles. The van der Waals surface area contributed by atoms with Crippen molar-refractivity contribution in [2.45, 2.75) is 20.3 Å². The summed E-state index contributed by atoms with van der Waals surface area (Å²) in [6.45, 7) is 4.18. The van der Waals surface area contributed by atoms with Crippen molar-refractivity contribution < 1.29 is 19.1 Å². The molecular formula is C21H22N2O4. The van der Waals surface area contributed by atoms with E-state index in [1.165, 1.54) is 6.92 Å². The Bertz CT molecular complexity index is 861. The second-order valence-corrected chi connectivity index (χ2v) is 6.43. The van der Waals surface area contributed by atoms with Gasteiger partial charge in [-0.2, -0.15) is 0 Å². The van der Waals surface area contributed by atoms with Crippen molar-refractivity contribution in [2.75, 3.05) is 23.4 Å².